The van der Waals surface area contributed by atoms with E-state index in [1.54, 1.807) is 21.3 Å². The summed E-state index contributed by atoms with van der Waals surface area (Å²) in [6.45, 7) is 0.731. The fourth-order valence-corrected chi connectivity index (χ4v) is 5.66. The van der Waals surface area contributed by atoms with Gasteiger partial charge in [-0.05, 0) is 65.2 Å². The van der Waals surface area contributed by atoms with Gasteiger partial charge < -0.3 is 28.8 Å². The molecule has 0 saturated heterocycles. The molecule has 246 valence electrons. The van der Waals surface area contributed by atoms with Crippen LogP contribution in [0.15, 0.2) is 100 Å². The lowest BCUT2D eigenvalue weighted by atomic mass is 9.82. The van der Waals surface area contributed by atoms with Crippen LogP contribution < -0.4 is 29.8 Å². The van der Waals surface area contributed by atoms with Crippen molar-refractivity contribution in [3.05, 3.63) is 118 Å². The van der Waals surface area contributed by atoms with Gasteiger partial charge in [-0.2, -0.15) is 0 Å². The van der Waals surface area contributed by atoms with Gasteiger partial charge in [0.25, 0.3) is 5.91 Å². The van der Waals surface area contributed by atoms with Crippen molar-refractivity contribution in [2.75, 3.05) is 34.5 Å². The van der Waals surface area contributed by atoms with E-state index in [2.05, 4.69) is 26.8 Å². The Morgan fingerprint density at radius 3 is 2.21 bits per heavy atom. The summed E-state index contributed by atoms with van der Waals surface area (Å²) in [6.07, 6.45) is 0.0758. The lowest BCUT2D eigenvalue weighted by Gasteiger charge is -2.31. The maximum Gasteiger partial charge on any atom is 0.266 e. The minimum atomic E-state index is -1.37. The van der Waals surface area contributed by atoms with Gasteiger partial charge in [0.1, 0.15) is 5.75 Å². The number of nitrogens with one attached hydrogen (secondary N) is 2. The van der Waals surface area contributed by atoms with Crippen molar-refractivity contribution >= 4 is 27.7 Å². The third-order valence-corrected chi connectivity index (χ3v) is 8.27. The number of amides is 1. The second-order valence-corrected chi connectivity index (χ2v) is 11.8. The van der Waals surface area contributed by atoms with Gasteiger partial charge in [0.15, 0.2) is 23.1 Å². The van der Waals surface area contributed by atoms with Gasteiger partial charge in [-0.25, -0.2) is 10.4 Å². The first-order chi connectivity index (χ1) is 22.9. The predicted molar refractivity (Wildman–Crippen MR) is 182 cm³/mol. The molecule has 10 nitrogen and oxygen atoms in total. The Bertz CT molecular complexity index is 1640. The molecule has 5 rings (SSSR count). The second kappa shape index (κ2) is 15.8. The number of carbonyl (C=O) groups is 1. The molecule has 47 heavy (non-hydrogen) atoms. The number of aliphatic hydroxyl groups is 1. The van der Waals surface area contributed by atoms with E-state index in [1.165, 1.54) is 0 Å². The zero-order valence-corrected chi connectivity index (χ0v) is 28.1. The number of nitrogens with zero attached hydrogens (tertiary/aromatic N) is 1. The van der Waals surface area contributed by atoms with E-state index >= 15 is 0 Å². The van der Waals surface area contributed by atoms with Crippen LogP contribution >= 0.6 is 15.9 Å². The fraction of sp³-hybridized carbons (Fsp3) is 0.278. The van der Waals surface area contributed by atoms with Gasteiger partial charge in [-0.15, -0.1) is 0 Å². The number of carbonyl (C=O) groups excluding carboxylic acids is 1. The molecule has 4 aromatic carbocycles. The molecular weight excluding hydrogens is 666 g/mol. The van der Waals surface area contributed by atoms with Crippen molar-refractivity contribution in [1.29, 1.82) is 0 Å². The number of aliphatic hydroxyl groups excluding tert-OH is 1. The topological polar surface area (TPSA) is 120 Å². The first-order valence-electron chi connectivity index (χ1n) is 15.1. The molecule has 3 N–H and O–H groups in total. The zero-order valence-electron chi connectivity index (χ0n) is 26.5. The van der Waals surface area contributed by atoms with Gasteiger partial charge in [0, 0.05) is 36.0 Å². The molecule has 0 fully saturated rings. The highest BCUT2D eigenvalue weighted by Gasteiger charge is 2.53. The van der Waals surface area contributed by atoms with Crippen molar-refractivity contribution in [3.63, 3.8) is 0 Å². The summed E-state index contributed by atoms with van der Waals surface area (Å²) in [5, 5.41) is 9.07. The average Bonchev–Trinajstić information content (AvgIpc) is 3.50. The summed E-state index contributed by atoms with van der Waals surface area (Å²) in [5.74, 6) is 2.15. The molecule has 0 aromatic heterocycles. The maximum atomic E-state index is 14.5. The number of benzene rings is 4. The minimum Gasteiger partial charge on any atom is -0.494 e. The third kappa shape index (κ3) is 7.87. The summed E-state index contributed by atoms with van der Waals surface area (Å²) in [4.78, 5) is 19.5. The maximum absolute atomic E-state index is 14.5. The highest BCUT2D eigenvalue weighted by molar-refractivity contribution is 9.10. The number of aliphatic imine (C=N–C) groups is 1. The van der Waals surface area contributed by atoms with Gasteiger partial charge in [0.2, 0.25) is 11.6 Å². The number of halogens is 1. The number of hydrogen-bond donors (Lipinski definition) is 3. The number of hydrazine groups is 1. The van der Waals surface area contributed by atoms with Crippen LogP contribution in [0.3, 0.4) is 0 Å². The number of ether oxygens (including phenoxy) is 5. The number of hydrogen-bond acceptors (Lipinski definition) is 9. The monoisotopic (exact) mass is 703 g/mol. The number of methoxy groups -OCH3 is 3. The van der Waals surface area contributed by atoms with Crippen LogP contribution in [-0.4, -0.2) is 57.0 Å². The summed E-state index contributed by atoms with van der Waals surface area (Å²) >= 11 is 3.51. The largest absolute Gasteiger partial charge is 0.494 e. The highest BCUT2D eigenvalue weighted by atomic mass is 79.9. The normalized spacial score (nSPS) is 17.0. The first kappa shape index (κ1) is 33.8. The molecule has 1 aliphatic rings. The van der Waals surface area contributed by atoms with E-state index in [-0.39, 0.29) is 25.5 Å². The summed E-state index contributed by atoms with van der Waals surface area (Å²) in [5.41, 5.74) is 7.86. The zero-order chi connectivity index (χ0) is 33.2. The quantitative estimate of drug-likeness (QED) is 0.109. The van der Waals surface area contributed by atoms with Crippen molar-refractivity contribution in [2.45, 2.75) is 31.0 Å². The average molecular weight is 705 g/mol. The Hall–Kier alpha value is -4.58. The van der Waals surface area contributed by atoms with Gasteiger partial charge in [-0.1, -0.05) is 58.4 Å². The Balaban J connectivity index is 1.48. The summed E-state index contributed by atoms with van der Waals surface area (Å²) in [6, 6.07) is 28.4. The van der Waals surface area contributed by atoms with E-state index in [0.29, 0.717) is 47.5 Å². The predicted octanol–water partition coefficient (Wildman–Crippen LogP) is 5.56. The Labute approximate surface area is 282 Å². The third-order valence-electron chi connectivity index (χ3n) is 7.74. The van der Waals surface area contributed by atoms with Crippen molar-refractivity contribution in [3.8, 4) is 23.0 Å². The van der Waals surface area contributed by atoms with E-state index in [4.69, 9.17) is 33.8 Å². The number of rotatable bonds is 15. The second-order valence-electron chi connectivity index (χ2n) is 10.8. The van der Waals surface area contributed by atoms with Crippen molar-refractivity contribution in [1.82, 2.24) is 10.9 Å². The van der Waals surface area contributed by atoms with Crippen LogP contribution in [0.4, 0.5) is 0 Å². The molecule has 0 saturated carbocycles. The van der Waals surface area contributed by atoms with Crippen molar-refractivity contribution < 1.29 is 33.6 Å². The Morgan fingerprint density at radius 1 is 0.915 bits per heavy atom. The molecule has 1 aliphatic heterocycles. The standard InChI is InChI=1S/C36H38BrN3O7/c1-43-30-20-25(21-31(44-2)32(30)45-3)23-38-40-35(42)36(22-24-10-14-28(37)15-11-24)33(26-8-5-4-6-9-26)47-34(39-36)27-12-16-29(17-13-27)46-19-7-18-41/h4-6,8-17,20-21,33,38,41H,7,18-19,22-23H2,1-3H3,(H,40,42)/t33-,36-/m0/s1. The molecule has 0 bridgehead atoms. The van der Waals surface area contributed by atoms with Gasteiger partial charge in [0.05, 0.1) is 27.9 Å². The molecule has 2 atom stereocenters. The van der Waals surface area contributed by atoms with Crippen LogP contribution in [0.25, 0.3) is 0 Å². The lowest BCUT2D eigenvalue weighted by Crippen LogP contribution is -2.53. The smallest absolute Gasteiger partial charge is 0.266 e. The van der Waals surface area contributed by atoms with Crippen molar-refractivity contribution in [2.24, 2.45) is 4.99 Å². The SMILES string of the molecule is COc1cc(CNNC(=O)[C@@]2(Cc3ccc(Br)cc3)N=C(c3ccc(OCCCO)cc3)O[C@H]2c2ccccc2)cc(OC)c1OC. The molecule has 0 aliphatic carbocycles. The van der Waals surface area contributed by atoms with E-state index in [9.17, 15) is 4.79 Å². The molecule has 1 heterocycles. The lowest BCUT2D eigenvalue weighted by molar-refractivity contribution is -0.130. The molecular formula is C36H38BrN3O7. The highest BCUT2D eigenvalue weighted by Crippen LogP contribution is 2.43. The first-order valence-corrected chi connectivity index (χ1v) is 15.9. The summed E-state index contributed by atoms with van der Waals surface area (Å²) in [7, 11) is 4.66. The van der Waals surface area contributed by atoms with Crippen LogP contribution in [0, 0.1) is 0 Å². The van der Waals surface area contributed by atoms with E-state index in [1.807, 2.05) is 91.0 Å². The van der Waals surface area contributed by atoms with Crippen LogP contribution in [0.5, 0.6) is 23.0 Å². The molecule has 1 amide bonds. The van der Waals surface area contributed by atoms with Crippen LogP contribution in [0.1, 0.15) is 34.8 Å². The Morgan fingerprint density at radius 2 is 1.60 bits per heavy atom. The summed E-state index contributed by atoms with van der Waals surface area (Å²) < 4.78 is 29.6. The fourth-order valence-electron chi connectivity index (χ4n) is 5.40. The van der Waals surface area contributed by atoms with Gasteiger partial charge in [-0.3, -0.25) is 10.2 Å². The van der Waals surface area contributed by atoms with E-state index in [0.717, 1.165) is 21.2 Å². The van der Waals surface area contributed by atoms with E-state index < -0.39 is 11.6 Å². The minimum absolute atomic E-state index is 0.0590. The molecule has 4 aromatic rings. The Kier molecular flexibility index (Phi) is 11.4. The van der Waals surface area contributed by atoms with Crippen LogP contribution in [0.2, 0.25) is 0 Å². The molecule has 11 heteroatoms. The molecule has 0 unspecified atom stereocenters. The molecule has 0 spiro atoms. The van der Waals surface area contributed by atoms with Gasteiger partial charge >= 0.3 is 0 Å². The molecule has 0 radical (unpaired) electrons. The van der Waals surface area contributed by atoms with Crippen LogP contribution in [-0.2, 0) is 22.5 Å².